The van der Waals surface area contributed by atoms with Crippen molar-refractivity contribution in [3.63, 3.8) is 0 Å². The van der Waals surface area contributed by atoms with E-state index in [1.807, 2.05) is 0 Å². The molecule has 0 atom stereocenters. The molecule has 1 aromatic heterocycles. The molecule has 0 saturated carbocycles. The van der Waals surface area contributed by atoms with Crippen molar-refractivity contribution in [3.05, 3.63) is 75.5 Å². The fourth-order valence-electron chi connectivity index (χ4n) is 3.14. The monoisotopic (exact) mass is 464 g/mol. The third-order valence-corrected chi connectivity index (χ3v) is 4.77. The molecule has 11 heteroatoms. The van der Waals surface area contributed by atoms with Gasteiger partial charge in [0, 0.05) is 17.7 Å². The Morgan fingerprint density at radius 3 is 2.42 bits per heavy atom. The van der Waals surface area contributed by atoms with E-state index in [9.17, 15) is 28.1 Å². The van der Waals surface area contributed by atoms with Crippen LogP contribution in [0.5, 0.6) is 11.5 Å². The Morgan fingerprint density at radius 1 is 1.09 bits per heavy atom. The highest BCUT2D eigenvalue weighted by atomic mass is 19.4. The Balaban J connectivity index is 1.70. The lowest BCUT2D eigenvalue weighted by molar-refractivity contribution is -0.385. The number of carbonyl (C=O) groups is 1. The average molecular weight is 464 g/mol. The van der Waals surface area contributed by atoms with Crippen LogP contribution in [-0.4, -0.2) is 31.6 Å². The third-order valence-electron chi connectivity index (χ3n) is 4.77. The van der Waals surface area contributed by atoms with E-state index in [4.69, 9.17) is 13.9 Å². The van der Waals surface area contributed by atoms with E-state index in [1.165, 1.54) is 50.6 Å². The molecule has 2 aromatic carbocycles. The van der Waals surface area contributed by atoms with Gasteiger partial charge in [-0.25, -0.2) is 0 Å². The van der Waals surface area contributed by atoms with E-state index in [0.717, 1.165) is 12.1 Å². The number of furan rings is 1. The van der Waals surface area contributed by atoms with Gasteiger partial charge in [-0.15, -0.1) is 0 Å². The summed E-state index contributed by atoms with van der Waals surface area (Å²) in [7, 11) is 2.76. The molecule has 174 valence electrons. The minimum Gasteiger partial charge on any atom is -0.493 e. The number of alkyl halides is 3. The molecule has 0 saturated heterocycles. The summed E-state index contributed by atoms with van der Waals surface area (Å²) < 4.78 is 54.4. The number of hydrogen-bond acceptors (Lipinski definition) is 6. The van der Waals surface area contributed by atoms with Crippen LogP contribution in [0.3, 0.4) is 0 Å². The number of rotatable bonds is 8. The molecule has 0 spiro atoms. The first-order valence-corrected chi connectivity index (χ1v) is 9.59. The number of hydrogen-bond donors (Lipinski definition) is 1. The minimum atomic E-state index is -4.50. The number of amides is 1. The predicted octanol–water partition coefficient (Wildman–Crippen LogP) is 4.86. The van der Waals surface area contributed by atoms with Crippen LogP contribution in [0.15, 0.2) is 52.9 Å². The van der Waals surface area contributed by atoms with E-state index in [2.05, 4.69) is 5.32 Å². The van der Waals surface area contributed by atoms with E-state index in [1.54, 1.807) is 0 Å². The molecule has 1 heterocycles. The number of nitrogens with zero attached hydrogens (tertiary/aromatic N) is 1. The Labute approximate surface area is 186 Å². The number of benzene rings is 2. The van der Waals surface area contributed by atoms with Crippen LogP contribution >= 0.6 is 0 Å². The van der Waals surface area contributed by atoms with E-state index < -0.39 is 22.6 Å². The molecule has 1 amide bonds. The van der Waals surface area contributed by atoms with Crippen molar-refractivity contribution in [1.29, 1.82) is 0 Å². The van der Waals surface area contributed by atoms with Crippen molar-refractivity contribution >= 4 is 11.6 Å². The summed E-state index contributed by atoms with van der Waals surface area (Å²) in [6.45, 7) is 0.0365. The van der Waals surface area contributed by atoms with Gasteiger partial charge in [-0.1, -0.05) is 12.1 Å². The molecule has 1 N–H and O–H groups in total. The molecular weight excluding hydrogens is 445 g/mol. The Hall–Kier alpha value is -4.02. The molecule has 0 fully saturated rings. The number of halogens is 3. The van der Waals surface area contributed by atoms with E-state index >= 15 is 0 Å². The topological polar surface area (TPSA) is 104 Å². The SMILES string of the molecule is COc1cc(CCNC(=O)c2ccc(-c3cccc(C(F)(F)F)c3)o2)c([N+](=O)[O-])cc1OC. The van der Waals surface area contributed by atoms with E-state index in [-0.39, 0.29) is 41.5 Å². The summed E-state index contributed by atoms with van der Waals surface area (Å²) in [6.07, 6.45) is -4.39. The van der Waals surface area contributed by atoms with Crippen LogP contribution in [0.4, 0.5) is 18.9 Å². The first-order valence-electron chi connectivity index (χ1n) is 9.59. The second-order valence-corrected chi connectivity index (χ2v) is 6.84. The fourth-order valence-corrected chi connectivity index (χ4v) is 3.14. The van der Waals surface area contributed by atoms with Crippen LogP contribution in [0.2, 0.25) is 0 Å². The van der Waals surface area contributed by atoms with Crippen LogP contribution in [0.25, 0.3) is 11.3 Å². The fraction of sp³-hybridized carbons (Fsp3) is 0.227. The van der Waals surface area contributed by atoms with Gasteiger partial charge in [0.15, 0.2) is 17.3 Å². The second kappa shape index (κ2) is 9.63. The van der Waals surface area contributed by atoms with Crippen molar-refractivity contribution in [2.24, 2.45) is 0 Å². The molecule has 8 nitrogen and oxygen atoms in total. The first kappa shape index (κ1) is 23.6. The van der Waals surface area contributed by atoms with Crippen LogP contribution in [0.1, 0.15) is 21.7 Å². The number of nitro groups is 1. The van der Waals surface area contributed by atoms with Gasteiger partial charge in [-0.3, -0.25) is 14.9 Å². The highest BCUT2D eigenvalue weighted by molar-refractivity contribution is 5.92. The number of nitrogens with one attached hydrogen (secondary N) is 1. The van der Waals surface area contributed by atoms with Crippen molar-refractivity contribution in [3.8, 4) is 22.8 Å². The summed E-state index contributed by atoms with van der Waals surface area (Å²) in [5.41, 5.74) is -0.530. The van der Waals surface area contributed by atoms with Crippen LogP contribution in [-0.2, 0) is 12.6 Å². The Bertz CT molecular complexity index is 1170. The van der Waals surface area contributed by atoms with Gasteiger partial charge in [-0.2, -0.15) is 13.2 Å². The van der Waals surface area contributed by atoms with Gasteiger partial charge < -0.3 is 19.2 Å². The Kier molecular flexibility index (Phi) is 6.90. The summed E-state index contributed by atoms with van der Waals surface area (Å²) in [5, 5.41) is 13.9. The molecule has 0 aliphatic rings. The zero-order valence-corrected chi connectivity index (χ0v) is 17.6. The van der Waals surface area contributed by atoms with Crippen molar-refractivity contribution in [2.75, 3.05) is 20.8 Å². The van der Waals surface area contributed by atoms with Crippen LogP contribution in [0, 0.1) is 10.1 Å². The molecule has 3 aromatic rings. The highest BCUT2D eigenvalue weighted by Gasteiger charge is 2.30. The van der Waals surface area contributed by atoms with Crippen molar-refractivity contribution in [1.82, 2.24) is 5.32 Å². The summed E-state index contributed by atoms with van der Waals surface area (Å²) in [6, 6.07) is 9.98. The number of ether oxygens (including phenoxy) is 2. The lowest BCUT2D eigenvalue weighted by Crippen LogP contribution is -2.25. The van der Waals surface area contributed by atoms with Gasteiger partial charge in [-0.05, 0) is 36.8 Å². The number of methoxy groups -OCH3 is 2. The normalized spacial score (nSPS) is 11.2. The lowest BCUT2D eigenvalue weighted by Gasteiger charge is -2.11. The maximum absolute atomic E-state index is 12.9. The molecule has 0 radical (unpaired) electrons. The zero-order chi connectivity index (χ0) is 24.2. The van der Waals surface area contributed by atoms with Crippen molar-refractivity contribution in [2.45, 2.75) is 12.6 Å². The summed E-state index contributed by atoms with van der Waals surface area (Å²) in [4.78, 5) is 23.2. The summed E-state index contributed by atoms with van der Waals surface area (Å²) >= 11 is 0. The maximum Gasteiger partial charge on any atom is 0.416 e. The molecule has 0 bridgehead atoms. The molecule has 33 heavy (non-hydrogen) atoms. The van der Waals surface area contributed by atoms with Crippen LogP contribution < -0.4 is 14.8 Å². The van der Waals surface area contributed by atoms with Gasteiger partial charge >= 0.3 is 6.18 Å². The first-order chi connectivity index (χ1) is 15.6. The number of carbonyl (C=O) groups excluding carboxylic acids is 1. The van der Waals surface area contributed by atoms with Gasteiger partial charge in [0.1, 0.15) is 5.76 Å². The predicted molar refractivity (Wildman–Crippen MR) is 111 cm³/mol. The zero-order valence-electron chi connectivity index (χ0n) is 17.6. The third kappa shape index (κ3) is 5.43. The minimum absolute atomic E-state index is 0.0365. The quantitative estimate of drug-likeness (QED) is 0.377. The molecule has 0 aliphatic heterocycles. The van der Waals surface area contributed by atoms with E-state index in [0.29, 0.717) is 11.3 Å². The number of nitro benzene ring substituents is 1. The smallest absolute Gasteiger partial charge is 0.416 e. The largest absolute Gasteiger partial charge is 0.493 e. The van der Waals surface area contributed by atoms with Gasteiger partial charge in [0.2, 0.25) is 0 Å². The standard InChI is InChI=1S/C22H19F3N2O6/c1-31-19-11-13(16(27(29)30)12-20(19)32-2)8-9-26-21(28)18-7-6-17(33-18)14-4-3-5-15(10-14)22(23,24)25/h3-7,10-12H,8-9H2,1-2H3,(H,26,28). The second-order valence-electron chi connectivity index (χ2n) is 6.84. The maximum atomic E-state index is 12.9. The molecule has 0 aliphatic carbocycles. The lowest BCUT2D eigenvalue weighted by atomic mass is 10.1. The Morgan fingerprint density at radius 2 is 1.79 bits per heavy atom. The highest BCUT2D eigenvalue weighted by Crippen LogP contribution is 2.35. The van der Waals surface area contributed by atoms with Crippen molar-refractivity contribution < 1.29 is 36.8 Å². The summed E-state index contributed by atoms with van der Waals surface area (Å²) in [5.74, 6) is -0.113. The van der Waals surface area contributed by atoms with Gasteiger partial charge in [0.05, 0.1) is 30.8 Å². The molecule has 3 rings (SSSR count). The van der Waals surface area contributed by atoms with Gasteiger partial charge in [0.25, 0.3) is 11.6 Å². The average Bonchev–Trinajstić information content (AvgIpc) is 3.28. The molecular formula is C22H19F3N2O6. The molecule has 0 unspecified atom stereocenters.